The summed E-state index contributed by atoms with van der Waals surface area (Å²) < 4.78 is 5.73. The lowest BCUT2D eigenvalue weighted by Gasteiger charge is -2.17. The molecule has 0 spiro atoms. The van der Waals surface area contributed by atoms with Gasteiger partial charge in [0, 0.05) is 17.8 Å². The molecule has 0 bridgehead atoms. The minimum atomic E-state index is -0.564. The minimum absolute atomic E-state index is 0.0124. The van der Waals surface area contributed by atoms with Crippen LogP contribution in [0.5, 0.6) is 5.75 Å². The number of para-hydroxylation sites is 1. The van der Waals surface area contributed by atoms with Crippen molar-refractivity contribution in [2.24, 2.45) is 0 Å². The third-order valence-corrected chi connectivity index (χ3v) is 3.60. The van der Waals surface area contributed by atoms with Gasteiger partial charge in [0.2, 0.25) is 5.91 Å². The van der Waals surface area contributed by atoms with Crippen molar-refractivity contribution in [3.8, 4) is 5.75 Å². The Morgan fingerprint density at radius 3 is 2.08 bits per heavy atom. The first-order valence-electron chi connectivity index (χ1n) is 8.54. The maximum absolute atomic E-state index is 12.4. The van der Waals surface area contributed by atoms with Crippen LogP contribution in [0.4, 0.5) is 11.4 Å². The van der Waals surface area contributed by atoms with E-state index in [1.165, 1.54) is 0 Å². The van der Waals surface area contributed by atoms with Gasteiger partial charge in [-0.05, 0) is 49.2 Å². The second-order valence-corrected chi connectivity index (χ2v) is 5.69. The third kappa shape index (κ3) is 5.95. The van der Waals surface area contributed by atoms with E-state index in [1.807, 2.05) is 44.2 Å². The quantitative estimate of drug-likeness (QED) is 0.756. The van der Waals surface area contributed by atoms with Gasteiger partial charge in [-0.1, -0.05) is 32.0 Å². The van der Waals surface area contributed by atoms with Crippen LogP contribution in [0.2, 0.25) is 0 Å². The number of hydrogen-bond donors (Lipinski definition) is 2. The van der Waals surface area contributed by atoms with Crippen molar-refractivity contribution < 1.29 is 14.3 Å². The first kappa shape index (κ1) is 18.5. The van der Waals surface area contributed by atoms with Gasteiger partial charge in [-0.3, -0.25) is 9.59 Å². The summed E-state index contributed by atoms with van der Waals surface area (Å²) in [5.74, 6) is 0.453. The second-order valence-electron chi connectivity index (χ2n) is 5.69. The van der Waals surface area contributed by atoms with Crippen LogP contribution in [0, 0.1) is 0 Å². The highest BCUT2D eigenvalue weighted by molar-refractivity contribution is 5.95. The van der Waals surface area contributed by atoms with Crippen molar-refractivity contribution >= 4 is 23.2 Å². The van der Waals surface area contributed by atoms with Gasteiger partial charge in [0.25, 0.3) is 5.91 Å². The Hall–Kier alpha value is -2.82. The zero-order valence-electron chi connectivity index (χ0n) is 14.6. The van der Waals surface area contributed by atoms with Gasteiger partial charge in [0.1, 0.15) is 5.75 Å². The molecule has 5 heteroatoms. The van der Waals surface area contributed by atoms with Crippen LogP contribution in [0.15, 0.2) is 54.6 Å². The zero-order chi connectivity index (χ0) is 18.1. The summed E-state index contributed by atoms with van der Waals surface area (Å²) >= 11 is 0. The summed E-state index contributed by atoms with van der Waals surface area (Å²) in [4.78, 5) is 24.0. The molecule has 0 radical (unpaired) electrons. The van der Waals surface area contributed by atoms with Crippen molar-refractivity contribution in [3.05, 3.63) is 54.6 Å². The Labute approximate surface area is 148 Å². The monoisotopic (exact) mass is 340 g/mol. The lowest BCUT2D eigenvalue weighted by molar-refractivity contribution is -0.122. The predicted molar refractivity (Wildman–Crippen MR) is 99.8 cm³/mol. The number of benzene rings is 2. The van der Waals surface area contributed by atoms with E-state index >= 15 is 0 Å². The van der Waals surface area contributed by atoms with Gasteiger partial charge in [0.15, 0.2) is 6.10 Å². The van der Waals surface area contributed by atoms with Gasteiger partial charge in [-0.2, -0.15) is 0 Å². The van der Waals surface area contributed by atoms with Crippen LogP contribution in [0.25, 0.3) is 0 Å². The number of rotatable bonds is 8. The summed E-state index contributed by atoms with van der Waals surface area (Å²) in [6.45, 7) is 3.86. The Morgan fingerprint density at radius 1 is 0.920 bits per heavy atom. The van der Waals surface area contributed by atoms with Gasteiger partial charge >= 0.3 is 0 Å². The van der Waals surface area contributed by atoms with Crippen LogP contribution in [0.3, 0.4) is 0 Å². The van der Waals surface area contributed by atoms with Crippen LogP contribution in [-0.2, 0) is 9.59 Å². The predicted octanol–water partition coefficient (Wildman–Crippen LogP) is 4.22. The maximum atomic E-state index is 12.4. The molecule has 2 rings (SSSR count). The molecule has 1 atom stereocenters. The normalized spacial score (nSPS) is 11.4. The molecular weight excluding hydrogens is 316 g/mol. The first-order valence-corrected chi connectivity index (χ1v) is 8.54. The topological polar surface area (TPSA) is 67.4 Å². The van der Waals surface area contributed by atoms with Gasteiger partial charge in [0.05, 0.1) is 0 Å². The highest BCUT2D eigenvalue weighted by atomic mass is 16.5. The third-order valence-electron chi connectivity index (χ3n) is 3.60. The number of carbonyl (C=O) groups excluding carboxylic acids is 2. The summed E-state index contributed by atoms with van der Waals surface area (Å²) in [6, 6.07) is 16.3. The standard InChI is InChI=1S/C20H24N2O3/c1-3-8-19(23)21-15-11-13-16(14-12-15)22-20(24)18(4-2)25-17-9-6-5-7-10-17/h5-7,9-14,18H,3-4,8H2,1-2H3,(H,21,23)(H,22,24). The summed E-state index contributed by atoms with van der Waals surface area (Å²) in [7, 11) is 0. The van der Waals surface area contributed by atoms with Crippen molar-refractivity contribution in [1.82, 2.24) is 0 Å². The molecular formula is C20H24N2O3. The molecule has 0 aliphatic rings. The number of nitrogens with one attached hydrogen (secondary N) is 2. The van der Waals surface area contributed by atoms with Gasteiger partial charge in [-0.25, -0.2) is 0 Å². The van der Waals surface area contributed by atoms with Crippen LogP contribution in [0.1, 0.15) is 33.1 Å². The Bertz CT molecular complexity index is 684. The minimum Gasteiger partial charge on any atom is -0.481 e. The average Bonchev–Trinajstić information content (AvgIpc) is 2.62. The number of anilines is 2. The van der Waals surface area contributed by atoms with Crippen LogP contribution < -0.4 is 15.4 Å². The Balaban J connectivity index is 1.93. The maximum Gasteiger partial charge on any atom is 0.265 e. The molecule has 2 aromatic carbocycles. The fourth-order valence-corrected chi connectivity index (χ4v) is 2.30. The lowest BCUT2D eigenvalue weighted by atomic mass is 10.2. The average molecular weight is 340 g/mol. The molecule has 25 heavy (non-hydrogen) atoms. The molecule has 0 fully saturated rings. The Morgan fingerprint density at radius 2 is 1.52 bits per heavy atom. The van der Waals surface area contributed by atoms with E-state index < -0.39 is 6.10 Å². The number of ether oxygens (including phenoxy) is 1. The highest BCUT2D eigenvalue weighted by Gasteiger charge is 2.18. The molecule has 0 aliphatic carbocycles. The van der Waals surface area contributed by atoms with Gasteiger partial charge in [-0.15, -0.1) is 0 Å². The SMILES string of the molecule is CCCC(=O)Nc1ccc(NC(=O)C(CC)Oc2ccccc2)cc1. The molecule has 5 nitrogen and oxygen atoms in total. The van der Waals surface area contributed by atoms with E-state index in [2.05, 4.69) is 10.6 Å². The highest BCUT2D eigenvalue weighted by Crippen LogP contribution is 2.17. The summed E-state index contributed by atoms with van der Waals surface area (Å²) in [5, 5.41) is 5.66. The molecule has 132 valence electrons. The zero-order valence-corrected chi connectivity index (χ0v) is 14.6. The fraction of sp³-hybridized carbons (Fsp3) is 0.300. The fourth-order valence-electron chi connectivity index (χ4n) is 2.30. The number of hydrogen-bond acceptors (Lipinski definition) is 3. The van der Waals surface area contributed by atoms with Crippen molar-refractivity contribution in [1.29, 1.82) is 0 Å². The molecule has 0 aromatic heterocycles. The van der Waals surface area contributed by atoms with E-state index in [9.17, 15) is 9.59 Å². The van der Waals surface area contributed by atoms with Crippen molar-refractivity contribution in [2.75, 3.05) is 10.6 Å². The van der Waals surface area contributed by atoms with E-state index in [-0.39, 0.29) is 11.8 Å². The molecule has 0 saturated heterocycles. The van der Waals surface area contributed by atoms with Crippen LogP contribution in [-0.4, -0.2) is 17.9 Å². The molecule has 0 saturated carbocycles. The molecule has 0 aliphatic heterocycles. The largest absolute Gasteiger partial charge is 0.481 e. The molecule has 0 heterocycles. The van der Waals surface area contributed by atoms with Crippen molar-refractivity contribution in [2.45, 2.75) is 39.2 Å². The first-order chi connectivity index (χ1) is 12.1. The van der Waals surface area contributed by atoms with E-state index in [1.54, 1.807) is 24.3 Å². The summed E-state index contributed by atoms with van der Waals surface area (Å²) in [5.41, 5.74) is 1.37. The van der Waals surface area contributed by atoms with E-state index in [0.717, 1.165) is 6.42 Å². The van der Waals surface area contributed by atoms with Crippen molar-refractivity contribution in [3.63, 3.8) is 0 Å². The molecule has 2 N–H and O–H groups in total. The summed E-state index contributed by atoms with van der Waals surface area (Å²) in [6.07, 6.45) is 1.30. The van der Waals surface area contributed by atoms with E-state index in [0.29, 0.717) is 30.0 Å². The molecule has 1 unspecified atom stereocenters. The number of carbonyl (C=O) groups is 2. The molecule has 2 amide bonds. The lowest BCUT2D eigenvalue weighted by Crippen LogP contribution is -2.32. The molecule has 2 aromatic rings. The number of amides is 2. The Kier molecular flexibility index (Phi) is 7.01. The van der Waals surface area contributed by atoms with Crippen LogP contribution >= 0.6 is 0 Å². The van der Waals surface area contributed by atoms with Gasteiger partial charge < -0.3 is 15.4 Å². The van der Waals surface area contributed by atoms with E-state index in [4.69, 9.17) is 4.74 Å². The smallest absolute Gasteiger partial charge is 0.265 e. The second kappa shape index (κ2) is 9.47.